The van der Waals surface area contributed by atoms with Gasteiger partial charge in [0.2, 0.25) is 8.03 Å². The summed E-state index contributed by atoms with van der Waals surface area (Å²) in [6.07, 6.45) is 3.67. The minimum absolute atomic E-state index is 0.0480. The Bertz CT molecular complexity index is 617. The van der Waals surface area contributed by atoms with Crippen LogP contribution in [0.4, 0.5) is 0 Å². The third-order valence-corrected chi connectivity index (χ3v) is 4.99. The van der Waals surface area contributed by atoms with Gasteiger partial charge in [0, 0.05) is 12.4 Å². The number of aliphatic carboxylic acids is 1. The van der Waals surface area contributed by atoms with Crippen molar-refractivity contribution in [3.63, 3.8) is 0 Å². The number of carboxylic acids is 1. The Balaban J connectivity index is 2.37. The Morgan fingerprint density at radius 1 is 1.19 bits per heavy atom. The van der Waals surface area contributed by atoms with E-state index in [4.69, 9.17) is 0 Å². The second-order valence-electron chi connectivity index (χ2n) is 4.74. The molecule has 6 heteroatoms. The number of rotatable bonds is 6. The predicted octanol–water partition coefficient (Wildman–Crippen LogP) is 2.46. The van der Waals surface area contributed by atoms with Crippen LogP contribution in [0.3, 0.4) is 0 Å². The number of hydrogen-bond acceptors (Lipinski definition) is 3. The molecule has 1 aromatic heterocycles. The second-order valence-corrected chi connectivity index (χ2v) is 6.21. The number of nitrogens with zero attached hydrogens (tertiary/aromatic N) is 1. The highest BCUT2D eigenvalue weighted by atomic mass is 31.1. The Hall–Kier alpha value is -1.97. The number of hydrogen-bond donors (Lipinski definition) is 2. The van der Waals surface area contributed by atoms with Crippen molar-refractivity contribution >= 4 is 14.0 Å². The second kappa shape index (κ2) is 6.66. The van der Waals surface area contributed by atoms with Gasteiger partial charge in [0.1, 0.15) is 0 Å². The van der Waals surface area contributed by atoms with Gasteiger partial charge < -0.3 is 10.00 Å². The van der Waals surface area contributed by atoms with Gasteiger partial charge in [-0.1, -0.05) is 36.4 Å². The van der Waals surface area contributed by atoms with Crippen molar-refractivity contribution in [2.75, 3.05) is 0 Å². The van der Waals surface area contributed by atoms with E-state index in [9.17, 15) is 19.4 Å². The molecule has 2 rings (SSSR count). The van der Waals surface area contributed by atoms with Crippen LogP contribution in [-0.2, 0) is 20.9 Å². The maximum Gasteiger partial charge on any atom is 0.323 e. The van der Waals surface area contributed by atoms with Crippen LogP contribution in [0.1, 0.15) is 17.5 Å². The highest BCUT2D eigenvalue weighted by Gasteiger charge is 2.45. The van der Waals surface area contributed by atoms with Crippen molar-refractivity contribution < 1.29 is 19.4 Å². The van der Waals surface area contributed by atoms with E-state index < -0.39 is 19.2 Å². The van der Waals surface area contributed by atoms with Crippen LogP contribution in [0.2, 0.25) is 0 Å². The number of pyridine rings is 1. The summed E-state index contributed by atoms with van der Waals surface area (Å²) >= 11 is 0. The van der Waals surface area contributed by atoms with Crippen molar-refractivity contribution in [3.8, 4) is 0 Å². The molecule has 0 fully saturated rings. The van der Waals surface area contributed by atoms with Crippen LogP contribution in [0.25, 0.3) is 0 Å². The zero-order valence-electron chi connectivity index (χ0n) is 11.3. The van der Waals surface area contributed by atoms with Crippen LogP contribution < -0.4 is 0 Å². The minimum Gasteiger partial charge on any atom is -0.480 e. The first kappa shape index (κ1) is 15.4. The molecule has 0 saturated heterocycles. The van der Waals surface area contributed by atoms with E-state index in [1.54, 1.807) is 48.8 Å². The Labute approximate surface area is 123 Å². The molecule has 2 aromatic rings. The first-order valence-electron chi connectivity index (χ1n) is 6.48. The number of carboxylic acid groups (broad SMARTS) is 1. The highest BCUT2D eigenvalue weighted by Crippen LogP contribution is 2.48. The van der Waals surface area contributed by atoms with Gasteiger partial charge in [-0.15, -0.1) is 0 Å². The van der Waals surface area contributed by atoms with Gasteiger partial charge in [-0.3, -0.25) is 14.3 Å². The molecule has 0 aliphatic carbocycles. The van der Waals surface area contributed by atoms with Gasteiger partial charge >= 0.3 is 5.97 Å². The smallest absolute Gasteiger partial charge is 0.323 e. The maximum absolute atomic E-state index is 11.9. The van der Waals surface area contributed by atoms with Crippen molar-refractivity contribution in [3.05, 3.63) is 66.0 Å². The molecular weight excluding hydrogens is 289 g/mol. The lowest BCUT2D eigenvalue weighted by Crippen LogP contribution is -2.33. The molecule has 0 radical (unpaired) electrons. The zero-order chi connectivity index (χ0) is 15.3. The van der Waals surface area contributed by atoms with Crippen molar-refractivity contribution in [2.24, 2.45) is 0 Å². The number of benzene rings is 1. The van der Waals surface area contributed by atoms with Gasteiger partial charge in [-0.2, -0.15) is 0 Å². The summed E-state index contributed by atoms with van der Waals surface area (Å²) in [7, 11) is -3.32. The third-order valence-electron chi connectivity index (χ3n) is 3.51. The summed E-state index contributed by atoms with van der Waals surface area (Å²) in [5.41, 5.74) is 1.19. The largest absolute Gasteiger partial charge is 0.480 e. The van der Waals surface area contributed by atoms with Gasteiger partial charge in [0.05, 0.1) is 0 Å². The summed E-state index contributed by atoms with van der Waals surface area (Å²) < 4.78 is 11.9. The van der Waals surface area contributed by atoms with E-state index in [0.29, 0.717) is 12.0 Å². The normalized spacial score (nSPS) is 15.1. The van der Waals surface area contributed by atoms with Crippen LogP contribution in [0.5, 0.6) is 0 Å². The number of carbonyl (C=O) groups is 1. The fourth-order valence-corrected chi connectivity index (χ4v) is 3.23. The molecule has 110 valence electrons. The van der Waals surface area contributed by atoms with Gasteiger partial charge in [-0.05, 0) is 30.0 Å². The predicted molar refractivity (Wildman–Crippen MR) is 79.5 cm³/mol. The summed E-state index contributed by atoms with van der Waals surface area (Å²) in [4.78, 5) is 25.4. The van der Waals surface area contributed by atoms with Crippen molar-refractivity contribution in [1.29, 1.82) is 0 Å². The van der Waals surface area contributed by atoms with Gasteiger partial charge in [-0.25, -0.2) is 0 Å². The molecule has 0 amide bonds. The SMILES string of the molecule is O=C(O)C(CCc1cccnc1)(c1ccccc1)[PH](=O)O. The molecule has 21 heavy (non-hydrogen) atoms. The molecule has 2 unspecified atom stereocenters. The average Bonchev–Trinajstić information content (AvgIpc) is 2.49. The van der Waals surface area contributed by atoms with E-state index in [-0.39, 0.29) is 6.42 Å². The first-order valence-corrected chi connectivity index (χ1v) is 7.84. The molecule has 5 nitrogen and oxygen atoms in total. The summed E-state index contributed by atoms with van der Waals surface area (Å²) in [6, 6.07) is 11.8. The van der Waals surface area contributed by atoms with Crippen LogP contribution in [0, 0.1) is 0 Å². The number of aryl methyl sites for hydroxylation is 1. The summed E-state index contributed by atoms with van der Waals surface area (Å²) in [6.45, 7) is 0. The van der Waals surface area contributed by atoms with E-state index in [1.807, 2.05) is 6.07 Å². The molecule has 2 atom stereocenters. The molecule has 0 aliphatic heterocycles. The molecule has 1 aromatic carbocycles. The highest BCUT2D eigenvalue weighted by molar-refractivity contribution is 7.41. The van der Waals surface area contributed by atoms with E-state index in [2.05, 4.69) is 4.98 Å². The van der Waals surface area contributed by atoms with Crippen molar-refractivity contribution in [2.45, 2.75) is 18.0 Å². The molecular formula is C15H16NO4P. The van der Waals surface area contributed by atoms with Gasteiger partial charge in [0.15, 0.2) is 5.16 Å². The average molecular weight is 305 g/mol. The summed E-state index contributed by atoms with van der Waals surface area (Å²) in [5, 5.41) is 7.81. The van der Waals surface area contributed by atoms with Gasteiger partial charge in [0.25, 0.3) is 0 Å². The maximum atomic E-state index is 11.9. The zero-order valence-corrected chi connectivity index (χ0v) is 12.3. The van der Waals surface area contributed by atoms with Crippen LogP contribution in [0.15, 0.2) is 54.9 Å². The molecule has 0 aliphatic rings. The quantitative estimate of drug-likeness (QED) is 0.800. The molecule has 0 spiro atoms. The topological polar surface area (TPSA) is 87.5 Å². The molecule has 1 heterocycles. The fourth-order valence-electron chi connectivity index (χ4n) is 2.30. The van der Waals surface area contributed by atoms with E-state index in [0.717, 1.165) is 5.56 Å². The van der Waals surface area contributed by atoms with Crippen molar-refractivity contribution in [1.82, 2.24) is 4.98 Å². The first-order chi connectivity index (χ1) is 10.1. The van der Waals surface area contributed by atoms with Crippen LogP contribution in [-0.4, -0.2) is 21.0 Å². The van der Waals surface area contributed by atoms with E-state index >= 15 is 0 Å². The molecule has 2 N–H and O–H groups in total. The van der Waals surface area contributed by atoms with Crippen LogP contribution >= 0.6 is 8.03 Å². The number of aromatic nitrogens is 1. The lowest BCUT2D eigenvalue weighted by molar-refractivity contribution is -0.140. The lowest BCUT2D eigenvalue weighted by Gasteiger charge is -2.27. The molecule has 0 saturated carbocycles. The third kappa shape index (κ3) is 3.20. The standard InChI is InChI=1S/C15H16NO4P/c17-14(18)15(21(19)20,13-6-2-1-3-7-13)9-8-12-5-4-10-16-11-12/h1-7,10-11,21H,8-9H2,(H,17,18)(H,19,20). The Kier molecular flexibility index (Phi) is 4.89. The molecule has 0 bridgehead atoms. The fraction of sp³-hybridized carbons (Fsp3) is 0.200. The monoisotopic (exact) mass is 305 g/mol. The summed E-state index contributed by atoms with van der Waals surface area (Å²) in [5.74, 6) is -1.27. The van der Waals surface area contributed by atoms with E-state index in [1.165, 1.54) is 0 Å². The Morgan fingerprint density at radius 2 is 1.90 bits per heavy atom. The minimum atomic E-state index is -3.32. The lowest BCUT2D eigenvalue weighted by atomic mass is 9.91. The Morgan fingerprint density at radius 3 is 2.43 bits per heavy atom.